The molecular weight excluding hydrogens is 171 g/mol. The van der Waals surface area contributed by atoms with Crippen LogP contribution in [0.1, 0.15) is 5.56 Å². The highest BCUT2D eigenvalue weighted by atomic mass is 19.1. The first kappa shape index (κ1) is 9.02. The molecule has 0 fully saturated rings. The van der Waals surface area contributed by atoms with Crippen LogP contribution in [0.15, 0.2) is 12.1 Å². The minimum atomic E-state index is -1.02. The molecule has 0 heterocycles. The topological polar surface area (TPSA) is 32.3 Å². The van der Waals surface area contributed by atoms with Crippen molar-refractivity contribution < 1.29 is 18.4 Å². The van der Waals surface area contributed by atoms with Crippen LogP contribution in [-0.2, 0) is 6.54 Å². The average molecular weight is 177 g/mol. The van der Waals surface area contributed by atoms with Crippen LogP contribution in [0.25, 0.3) is 0 Å². The van der Waals surface area contributed by atoms with E-state index in [4.69, 9.17) is 5.21 Å². The molecule has 0 bridgehead atoms. The van der Waals surface area contributed by atoms with Gasteiger partial charge in [-0.25, -0.2) is 18.7 Å². The summed E-state index contributed by atoms with van der Waals surface area (Å²) < 4.78 is 37.6. The molecule has 0 aromatic heterocycles. The van der Waals surface area contributed by atoms with Crippen LogP contribution in [0, 0.1) is 17.5 Å². The first-order valence-corrected chi connectivity index (χ1v) is 3.15. The molecule has 0 aliphatic carbocycles. The van der Waals surface area contributed by atoms with Crippen LogP contribution in [0.2, 0.25) is 0 Å². The first-order valence-electron chi connectivity index (χ1n) is 3.15. The van der Waals surface area contributed by atoms with Crippen molar-refractivity contribution in [1.82, 2.24) is 5.48 Å². The Kier molecular flexibility index (Phi) is 2.67. The van der Waals surface area contributed by atoms with Crippen molar-refractivity contribution in [3.05, 3.63) is 35.1 Å². The normalized spacial score (nSPS) is 10.3. The summed E-state index contributed by atoms with van der Waals surface area (Å²) >= 11 is 0. The van der Waals surface area contributed by atoms with Crippen LogP contribution in [-0.4, -0.2) is 5.21 Å². The molecule has 0 saturated carbocycles. The number of hydroxylamine groups is 1. The lowest BCUT2D eigenvalue weighted by atomic mass is 10.2. The summed E-state index contributed by atoms with van der Waals surface area (Å²) in [6.07, 6.45) is 0. The molecule has 0 unspecified atom stereocenters. The second kappa shape index (κ2) is 3.55. The van der Waals surface area contributed by atoms with E-state index in [0.29, 0.717) is 12.1 Å². The molecule has 0 amide bonds. The van der Waals surface area contributed by atoms with Crippen molar-refractivity contribution in [2.45, 2.75) is 6.54 Å². The highest BCUT2D eigenvalue weighted by Crippen LogP contribution is 2.13. The molecule has 1 aromatic rings. The molecule has 66 valence electrons. The molecule has 5 heteroatoms. The summed E-state index contributed by atoms with van der Waals surface area (Å²) in [6.45, 7) is -0.391. The van der Waals surface area contributed by atoms with Gasteiger partial charge in [0.1, 0.15) is 17.5 Å². The molecular formula is C7H6F3NO. The third-order valence-electron chi connectivity index (χ3n) is 1.36. The van der Waals surface area contributed by atoms with Gasteiger partial charge in [-0.2, -0.15) is 0 Å². The van der Waals surface area contributed by atoms with Crippen molar-refractivity contribution in [3.63, 3.8) is 0 Å². The number of rotatable bonds is 2. The summed E-state index contributed by atoms with van der Waals surface area (Å²) in [6, 6.07) is 1.10. The number of nitrogens with one attached hydrogen (secondary N) is 1. The van der Waals surface area contributed by atoms with Gasteiger partial charge in [-0.05, 0) is 0 Å². The Hall–Kier alpha value is -1.07. The summed E-state index contributed by atoms with van der Waals surface area (Å²) in [5.41, 5.74) is 1.19. The number of benzene rings is 1. The van der Waals surface area contributed by atoms with E-state index in [0.717, 1.165) is 0 Å². The van der Waals surface area contributed by atoms with Gasteiger partial charge < -0.3 is 5.21 Å². The zero-order valence-electron chi connectivity index (χ0n) is 5.94. The maximum absolute atomic E-state index is 12.7. The third-order valence-corrected chi connectivity index (χ3v) is 1.36. The maximum Gasteiger partial charge on any atom is 0.133 e. The van der Waals surface area contributed by atoms with Crippen molar-refractivity contribution in [1.29, 1.82) is 0 Å². The standard InChI is InChI=1S/C7H6F3NO/c8-4-1-6(9)5(3-11-12)7(10)2-4/h1-2,11-12H,3H2. The SMILES string of the molecule is ONCc1c(F)cc(F)cc1F. The second-order valence-electron chi connectivity index (χ2n) is 2.18. The summed E-state index contributed by atoms with van der Waals surface area (Å²) in [4.78, 5) is 0. The van der Waals surface area contributed by atoms with Gasteiger partial charge in [-0.15, -0.1) is 0 Å². The molecule has 0 spiro atoms. The zero-order chi connectivity index (χ0) is 9.14. The summed E-state index contributed by atoms with van der Waals surface area (Å²) in [7, 11) is 0. The van der Waals surface area contributed by atoms with Gasteiger partial charge in [-0.1, -0.05) is 0 Å². The van der Waals surface area contributed by atoms with Gasteiger partial charge in [0.2, 0.25) is 0 Å². The molecule has 2 nitrogen and oxygen atoms in total. The minimum Gasteiger partial charge on any atom is -0.316 e. The second-order valence-corrected chi connectivity index (χ2v) is 2.18. The quantitative estimate of drug-likeness (QED) is 0.672. The fraction of sp³-hybridized carbons (Fsp3) is 0.143. The van der Waals surface area contributed by atoms with Gasteiger partial charge in [0.05, 0.1) is 6.54 Å². The Balaban J connectivity index is 3.10. The van der Waals surface area contributed by atoms with Crippen LogP contribution >= 0.6 is 0 Å². The van der Waals surface area contributed by atoms with Gasteiger partial charge in [0.25, 0.3) is 0 Å². The van der Waals surface area contributed by atoms with Crippen molar-refractivity contribution in [2.75, 3.05) is 0 Å². The van der Waals surface area contributed by atoms with Crippen molar-refractivity contribution >= 4 is 0 Å². The minimum absolute atomic E-state index is 0.390. The summed E-state index contributed by atoms with van der Waals surface area (Å²) in [5.74, 6) is -3.02. The molecule has 0 radical (unpaired) electrons. The Morgan fingerprint density at radius 1 is 1.17 bits per heavy atom. The van der Waals surface area contributed by atoms with E-state index in [2.05, 4.69) is 0 Å². The predicted molar refractivity (Wildman–Crippen MR) is 34.9 cm³/mol. The molecule has 0 atom stereocenters. The largest absolute Gasteiger partial charge is 0.316 e. The lowest BCUT2D eigenvalue weighted by molar-refractivity contribution is 0.158. The molecule has 0 aliphatic heterocycles. The maximum atomic E-state index is 12.7. The molecule has 0 saturated heterocycles. The highest BCUT2D eigenvalue weighted by Gasteiger charge is 2.09. The van der Waals surface area contributed by atoms with Gasteiger partial charge in [-0.3, -0.25) is 0 Å². The Morgan fingerprint density at radius 2 is 1.67 bits per heavy atom. The van der Waals surface area contributed by atoms with Crippen LogP contribution in [0.5, 0.6) is 0 Å². The first-order chi connectivity index (χ1) is 5.65. The fourth-order valence-electron chi connectivity index (χ4n) is 0.820. The smallest absolute Gasteiger partial charge is 0.133 e. The van der Waals surface area contributed by atoms with E-state index in [-0.39, 0.29) is 5.56 Å². The molecule has 2 N–H and O–H groups in total. The van der Waals surface area contributed by atoms with E-state index < -0.39 is 24.0 Å². The van der Waals surface area contributed by atoms with E-state index in [1.807, 2.05) is 0 Å². The van der Waals surface area contributed by atoms with Crippen LogP contribution in [0.3, 0.4) is 0 Å². The molecule has 1 rings (SSSR count). The molecule has 1 aromatic carbocycles. The third kappa shape index (κ3) is 1.75. The van der Waals surface area contributed by atoms with E-state index in [1.165, 1.54) is 0 Å². The number of hydrogen-bond donors (Lipinski definition) is 2. The summed E-state index contributed by atoms with van der Waals surface area (Å²) in [5, 5.41) is 8.16. The van der Waals surface area contributed by atoms with Crippen LogP contribution < -0.4 is 5.48 Å². The van der Waals surface area contributed by atoms with Gasteiger partial charge in [0, 0.05) is 17.7 Å². The van der Waals surface area contributed by atoms with E-state index in [1.54, 1.807) is 5.48 Å². The predicted octanol–water partition coefficient (Wildman–Crippen LogP) is 1.58. The lowest BCUT2D eigenvalue weighted by Gasteiger charge is -2.02. The van der Waals surface area contributed by atoms with Crippen molar-refractivity contribution in [3.8, 4) is 0 Å². The Bertz CT molecular complexity index is 267. The Morgan fingerprint density at radius 3 is 2.08 bits per heavy atom. The van der Waals surface area contributed by atoms with Crippen molar-refractivity contribution in [2.24, 2.45) is 0 Å². The van der Waals surface area contributed by atoms with E-state index in [9.17, 15) is 13.2 Å². The molecule has 12 heavy (non-hydrogen) atoms. The lowest BCUT2D eigenvalue weighted by Crippen LogP contribution is -2.10. The Labute approximate surface area is 66.6 Å². The zero-order valence-corrected chi connectivity index (χ0v) is 5.94. The monoisotopic (exact) mass is 177 g/mol. The highest BCUT2D eigenvalue weighted by molar-refractivity contribution is 5.20. The molecule has 0 aliphatic rings. The number of hydrogen-bond acceptors (Lipinski definition) is 2. The number of halogens is 3. The van der Waals surface area contributed by atoms with Crippen LogP contribution in [0.4, 0.5) is 13.2 Å². The van der Waals surface area contributed by atoms with Gasteiger partial charge in [0.15, 0.2) is 0 Å². The fourth-order valence-corrected chi connectivity index (χ4v) is 0.820. The van der Waals surface area contributed by atoms with E-state index >= 15 is 0 Å². The average Bonchev–Trinajstić information content (AvgIpc) is 1.96. The van der Waals surface area contributed by atoms with Gasteiger partial charge >= 0.3 is 0 Å².